The van der Waals surface area contributed by atoms with Crippen molar-refractivity contribution in [2.24, 2.45) is 0 Å². The van der Waals surface area contributed by atoms with Gasteiger partial charge < -0.3 is 9.90 Å². The van der Waals surface area contributed by atoms with Crippen molar-refractivity contribution in [1.82, 2.24) is 4.90 Å². The minimum atomic E-state index is -1.23. The third kappa shape index (κ3) is 3.55. The standard InChI is InChI=1S/C18H13NO3S2/c20-16-15(10-12-6-8-14(9-7-12)17(21)22)24-18(23)19(16)11-13-4-2-1-3-5-13/h1-10H,11H2,(H,21,22)/p-1/b15-10-. The highest BCUT2D eigenvalue weighted by molar-refractivity contribution is 8.26. The van der Waals surface area contributed by atoms with Crippen LogP contribution in [0.15, 0.2) is 59.5 Å². The van der Waals surface area contributed by atoms with E-state index < -0.39 is 5.97 Å². The number of amides is 1. The van der Waals surface area contributed by atoms with Crippen molar-refractivity contribution in [3.63, 3.8) is 0 Å². The molecule has 1 aliphatic heterocycles. The molecule has 0 N–H and O–H groups in total. The van der Waals surface area contributed by atoms with Gasteiger partial charge in [0.15, 0.2) is 0 Å². The first kappa shape index (κ1) is 16.4. The summed E-state index contributed by atoms with van der Waals surface area (Å²) < 4.78 is 0.515. The molecule has 6 heteroatoms. The number of thioether (sulfide) groups is 1. The number of carbonyl (C=O) groups is 2. The lowest BCUT2D eigenvalue weighted by atomic mass is 10.1. The van der Waals surface area contributed by atoms with Crippen molar-refractivity contribution in [3.05, 3.63) is 76.2 Å². The molecule has 4 nitrogen and oxygen atoms in total. The number of carbonyl (C=O) groups excluding carboxylic acids is 2. The molecule has 1 fully saturated rings. The third-order valence-electron chi connectivity index (χ3n) is 3.50. The Hall–Kier alpha value is -2.44. The van der Waals surface area contributed by atoms with Crippen LogP contribution in [0, 0.1) is 0 Å². The Kier molecular flexibility index (Phi) is 4.78. The minimum absolute atomic E-state index is 0.101. The molecule has 1 saturated heterocycles. The maximum Gasteiger partial charge on any atom is 0.266 e. The van der Waals surface area contributed by atoms with Crippen molar-refractivity contribution < 1.29 is 14.7 Å². The van der Waals surface area contributed by atoms with Crippen LogP contribution in [-0.2, 0) is 11.3 Å². The first-order valence-electron chi connectivity index (χ1n) is 7.15. The number of aromatic carboxylic acids is 1. The van der Waals surface area contributed by atoms with E-state index >= 15 is 0 Å². The minimum Gasteiger partial charge on any atom is -0.545 e. The Labute approximate surface area is 148 Å². The summed E-state index contributed by atoms with van der Waals surface area (Å²) in [6, 6.07) is 15.8. The fourth-order valence-corrected chi connectivity index (χ4v) is 3.52. The van der Waals surface area contributed by atoms with Crippen LogP contribution < -0.4 is 5.11 Å². The summed E-state index contributed by atoms with van der Waals surface area (Å²) >= 11 is 6.55. The van der Waals surface area contributed by atoms with Gasteiger partial charge in [-0.05, 0) is 22.8 Å². The summed E-state index contributed by atoms with van der Waals surface area (Å²) in [5.41, 5.74) is 1.84. The van der Waals surface area contributed by atoms with Gasteiger partial charge in [0.1, 0.15) is 4.32 Å². The summed E-state index contributed by atoms with van der Waals surface area (Å²) in [7, 11) is 0. The van der Waals surface area contributed by atoms with Gasteiger partial charge in [-0.15, -0.1) is 0 Å². The van der Waals surface area contributed by atoms with Crippen LogP contribution in [0.3, 0.4) is 0 Å². The van der Waals surface area contributed by atoms with Crippen LogP contribution in [-0.4, -0.2) is 21.1 Å². The van der Waals surface area contributed by atoms with Crippen LogP contribution in [0.1, 0.15) is 21.5 Å². The van der Waals surface area contributed by atoms with Gasteiger partial charge in [-0.25, -0.2) is 0 Å². The van der Waals surface area contributed by atoms with Gasteiger partial charge in [-0.1, -0.05) is 78.6 Å². The van der Waals surface area contributed by atoms with Crippen molar-refractivity contribution in [2.75, 3.05) is 0 Å². The maximum absolute atomic E-state index is 12.5. The van der Waals surface area contributed by atoms with E-state index in [4.69, 9.17) is 12.2 Å². The number of rotatable bonds is 4. The molecule has 2 aromatic carbocycles. The van der Waals surface area contributed by atoms with Gasteiger partial charge in [0.2, 0.25) is 0 Å². The second-order valence-corrected chi connectivity index (χ2v) is 6.84. The highest BCUT2D eigenvalue weighted by atomic mass is 32.2. The molecule has 0 atom stereocenters. The quantitative estimate of drug-likeness (QED) is 0.623. The number of hydrogen-bond acceptors (Lipinski definition) is 5. The monoisotopic (exact) mass is 354 g/mol. The maximum atomic E-state index is 12.5. The van der Waals surface area contributed by atoms with Crippen molar-refractivity contribution in [3.8, 4) is 0 Å². The summed E-state index contributed by atoms with van der Waals surface area (Å²) in [5, 5.41) is 10.8. The Morgan fingerprint density at radius 2 is 1.79 bits per heavy atom. The van der Waals surface area contributed by atoms with E-state index in [0.29, 0.717) is 15.8 Å². The molecule has 0 spiro atoms. The molecule has 0 radical (unpaired) electrons. The van der Waals surface area contributed by atoms with E-state index in [0.717, 1.165) is 11.1 Å². The predicted molar refractivity (Wildman–Crippen MR) is 95.9 cm³/mol. The first-order valence-corrected chi connectivity index (χ1v) is 8.38. The number of carboxylic acids is 1. The molecular weight excluding hydrogens is 342 g/mol. The van der Waals surface area contributed by atoms with Gasteiger partial charge in [0, 0.05) is 0 Å². The van der Waals surface area contributed by atoms with Gasteiger partial charge in [-0.2, -0.15) is 0 Å². The Bertz CT molecular complexity index is 829. The molecule has 3 rings (SSSR count). The van der Waals surface area contributed by atoms with E-state index in [1.165, 1.54) is 23.9 Å². The molecule has 0 unspecified atom stereocenters. The zero-order valence-electron chi connectivity index (χ0n) is 12.5. The van der Waals surface area contributed by atoms with Crippen LogP contribution in [0.4, 0.5) is 0 Å². The molecular formula is C18H12NO3S2-. The van der Waals surface area contributed by atoms with E-state index in [9.17, 15) is 14.7 Å². The lowest BCUT2D eigenvalue weighted by Gasteiger charge is -2.14. The number of hydrogen-bond donors (Lipinski definition) is 0. The van der Waals surface area contributed by atoms with Gasteiger partial charge in [-0.3, -0.25) is 9.69 Å². The highest BCUT2D eigenvalue weighted by Crippen LogP contribution is 2.33. The summed E-state index contributed by atoms with van der Waals surface area (Å²) in [4.78, 5) is 25.4. The second kappa shape index (κ2) is 6.98. The molecule has 120 valence electrons. The largest absolute Gasteiger partial charge is 0.545 e. The second-order valence-electron chi connectivity index (χ2n) is 5.16. The van der Waals surface area contributed by atoms with E-state index in [1.54, 1.807) is 23.1 Å². The van der Waals surface area contributed by atoms with E-state index in [2.05, 4.69) is 0 Å². The molecule has 0 bridgehead atoms. The molecule has 0 aliphatic carbocycles. The fourth-order valence-electron chi connectivity index (χ4n) is 2.27. The molecule has 1 heterocycles. The number of thiocarbonyl (C=S) groups is 1. The highest BCUT2D eigenvalue weighted by Gasteiger charge is 2.31. The lowest BCUT2D eigenvalue weighted by Crippen LogP contribution is -2.27. The van der Waals surface area contributed by atoms with Crippen molar-refractivity contribution in [2.45, 2.75) is 6.54 Å². The summed E-state index contributed by atoms with van der Waals surface area (Å²) in [5.74, 6) is -1.37. The molecule has 24 heavy (non-hydrogen) atoms. The first-order chi connectivity index (χ1) is 11.5. The van der Waals surface area contributed by atoms with Crippen LogP contribution in [0.5, 0.6) is 0 Å². The smallest absolute Gasteiger partial charge is 0.266 e. The topological polar surface area (TPSA) is 60.4 Å². The van der Waals surface area contributed by atoms with E-state index in [-0.39, 0.29) is 11.5 Å². The van der Waals surface area contributed by atoms with Crippen LogP contribution >= 0.6 is 24.0 Å². The lowest BCUT2D eigenvalue weighted by molar-refractivity contribution is -0.255. The van der Waals surface area contributed by atoms with Gasteiger partial charge in [0.25, 0.3) is 5.91 Å². The van der Waals surface area contributed by atoms with E-state index in [1.807, 2.05) is 30.3 Å². The van der Waals surface area contributed by atoms with Gasteiger partial charge >= 0.3 is 0 Å². The fraction of sp³-hybridized carbons (Fsp3) is 0.0556. The predicted octanol–water partition coefficient (Wildman–Crippen LogP) is 2.45. The molecule has 0 aromatic heterocycles. The van der Waals surface area contributed by atoms with Gasteiger partial charge in [0.05, 0.1) is 17.4 Å². The van der Waals surface area contributed by atoms with Crippen molar-refractivity contribution in [1.29, 1.82) is 0 Å². The average molecular weight is 354 g/mol. The number of carboxylic acid groups (broad SMARTS) is 1. The zero-order valence-corrected chi connectivity index (χ0v) is 14.1. The number of benzene rings is 2. The molecule has 0 saturated carbocycles. The van der Waals surface area contributed by atoms with Crippen LogP contribution in [0.25, 0.3) is 6.08 Å². The molecule has 1 aliphatic rings. The zero-order chi connectivity index (χ0) is 17.1. The normalized spacial score (nSPS) is 16.0. The number of nitrogens with zero attached hydrogens (tertiary/aromatic N) is 1. The average Bonchev–Trinajstić information content (AvgIpc) is 2.84. The third-order valence-corrected chi connectivity index (χ3v) is 4.88. The summed E-state index contributed by atoms with van der Waals surface area (Å²) in [6.45, 7) is 0.437. The Balaban J connectivity index is 1.79. The summed E-state index contributed by atoms with van der Waals surface area (Å²) in [6.07, 6.45) is 1.71. The van der Waals surface area contributed by atoms with Crippen molar-refractivity contribution >= 4 is 46.3 Å². The SMILES string of the molecule is O=C([O-])c1ccc(/C=C2\SC(=S)N(Cc3ccccc3)C2=O)cc1. The Morgan fingerprint density at radius 1 is 1.12 bits per heavy atom. The molecule has 1 amide bonds. The molecule has 2 aromatic rings. The Morgan fingerprint density at radius 3 is 2.42 bits per heavy atom. The van der Waals surface area contributed by atoms with Crippen LogP contribution in [0.2, 0.25) is 0 Å².